The Kier molecular flexibility index (Phi) is 1.76. The number of ether oxygens (including phenoxy) is 1. The molecule has 0 aromatic carbocycles. The molecule has 2 fully saturated rings. The van der Waals surface area contributed by atoms with Crippen LogP contribution in [0.3, 0.4) is 0 Å². The largest absolute Gasteiger partial charge is 0.381 e. The van der Waals surface area contributed by atoms with E-state index in [0.29, 0.717) is 5.96 Å². The Morgan fingerprint density at radius 2 is 2.31 bits per heavy atom. The van der Waals surface area contributed by atoms with Crippen LogP contribution in [-0.2, 0) is 9.53 Å². The van der Waals surface area contributed by atoms with Gasteiger partial charge in [0, 0.05) is 27.0 Å². The Labute approximate surface area is 76.6 Å². The highest BCUT2D eigenvalue weighted by atomic mass is 16.5. The smallest absolute Gasteiger partial charge is 0.252 e. The minimum atomic E-state index is -0.435. The monoisotopic (exact) mass is 183 g/mol. The molecule has 5 heteroatoms. The summed E-state index contributed by atoms with van der Waals surface area (Å²) in [6.07, 6.45) is 1.66. The van der Waals surface area contributed by atoms with Gasteiger partial charge in [-0.1, -0.05) is 0 Å². The first-order valence-electron chi connectivity index (χ1n) is 4.29. The molecule has 0 atom stereocenters. The molecule has 5 nitrogen and oxygen atoms in total. The standard InChI is InChI=1S/C8H13N3O2/c1-9-7-10-6(12)8(11-7)3-5(4-8)13-2/h5H,3-4H2,1-2H3,(H2,9,10,11,12). The first-order chi connectivity index (χ1) is 6.20. The molecule has 0 unspecified atom stereocenters. The SMILES string of the molecule is CN=C1NC(=O)C2(CC(OC)C2)N1. The van der Waals surface area contributed by atoms with Crippen LogP contribution in [0.4, 0.5) is 0 Å². The van der Waals surface area contributed by atoms with Gasteiger partial charge in [0.2, 0.25) is 0 Å². The lowest BCUT2D eigenvalue weighted by atomic mass is 9.74. The lowest BCUT2D eigenvalue weighted by Crippen LogP contribution is -2.59. The minimum Gasteiger partial charge on any atom is -0.381 e. The van der Waals surface area contributed by atoms with Crippen molar-refractivity contribution in [1.29, 1.82) is 0 Å². The summed E-state index contributed by atoms with van der Waals surface area (Å²) in [6.45, 7) is 0. The summed E-state index contributed by atoms with van der Waals surface area (Å²) < 4.78 is 5.13. The molecule has 1 heterocycles. The van der Waals surface area contributed by atoms with E-state index in [4.69, 9.17) is 4.74 Å². The topological polar surface area (TPSA) is 62.7 Å². The predicted molar refractivity (Wildman–Crippen MR) is 47.4 cm³/mol. The quantitative estimate of drug-likeness (QED) is 0.561. The zero-order valence-electron chi connectivity index (χ0n) is 7.76. The number of aliphatic imine (C=N–C) groups is 1. The van der Waals surface area contributed by atoms with E-state index in [1.807, 2.05) is 0 Å². The predicted octanol–water partition coefficient (Wildman–Crippen LogP) is -0.761. The normalized spacial score (nSPS) is 40.3. The van der Waals surface area contributed by atoms with Crippen molar-refractivity contribution in [2.45, 2.75) is 24.5 Å². The van der Waals surface area contributed by atoms with Crippen molar-refractivity contribution in [3.8, 4) is 0 Å². The number of amides is 1. The Morgan fingerprint density at radius 1 is 1.62 bits per heavy atom. The van der Waals surface area contributed by atoms with Crippen molar-refractivity contribution in [2.24, 2.45) is 4.99 Å². The van der Waals surface area contributed by atoms with Crippen molar-refractivity contribution < 1.29 is 9.53 Å². The van der Waals surface area contributed by atoms with Crippen LogP contribution in [0, 0.1) is 0 Å². The maximum atomic E-state index is 11.5. The first-order valence-corrected chi connectivity index (χ1v) is 4.29. The summed E-state index contributed by atoms with van der Waals surface area (Å²) >= 11 is 0. The second-order valence-corrected chi connectivity index (χ2v) is 3.50. The summed E-state index contributed by atoms with van der Waals surface area (Å²) in [5, 5.41) is 5.76. The molecule has 13 heavy (non-hydrogen) atoms. The molecule has 0 radical (unpaired) electrons. The molecule has 1 aliphatic carbocycles. The number of hydrogen-bond donors (Lipinski definition) is 2. The van der Waals surface area contributed by atoms with E-state index >= 15 is 0 Å². The molecule has 1 aliphatic heterocycles. The molecule has 1 saturated carbocycles. The Balaban J connectivity index is 2.07. The first kappa shape index (κ1) is 8.50. The maximum Gasteiger partial charge on any atom is 0.252 e. The van der Waals surface area contributed by atoms with E-state index in [0.717, 1.165) is 12.8 Å². The second kappa shape index (κ2) is 2.70. The van der Waals surface area contributed by atoms with Crippen LogP contribution in [0.1, 0.15) is 12.8 Å². The molecule has 2 aliphatic rings. The highest BCUT2D eigenvalue weighted by Crippen LogP contribution is 2.36. The van der Waals surface area contributed by atoms with Crippen LogP contribution in [-0.4, -0.2) is 37.7 Å². The van der Waals surface area contributed by atoms with Gasteiger partial charge in [-0.3, -0.25) is 15.1 Å². The summed E-state index contributed by atoms with van der Waals surface area (Å²) in [6, 6.07) is 0. The van der Waals surface area contributed by atoms with Crippen molar-refractivity contribution in [3.05, 3.63) is 0 Å². The lowest BCUT2D eigenvalue weighted by molar-refractivity contribution is -0.132. The third-order valence-electron chi connectivity index (χ3n) is 2.73. The van der Waals surface area contributed by atoms with Crippen LogP contribution in [0.2, 0.25) is 0 Å². The number of nitrogens with one attached hydrogen (secondary N) is 2. The minimum absolute atomic E-state index is 0.0152. The number of hydrogen-bond acceptors (Lipinski definition) is 3. The van der Waals surface area contributed by atoms with Gasteiger partial charge in [0.05, 0.1) is 6.10 Å². The van der Waals surface area contributed by atoms with Crippen molar-refractivity contribution in [3.63, 3.8) is 0 Å². The number of nitrogens with zero attached hydrogens (tertiary/aromatic N) is 1. The summed E-state index contributed by atoms with van der Waals surface area (Å²) in [5.74, 6) is 0.584. The average Bonchev–Trinajstić information content (AvgIpc) is 2.39. The van der Waals surface area contributed by atoms with Crippen LogP contribution >= 0.6 is 0 Å². The van der Waals surface area contributed by atoms with Crippen molar-refractivity contribution in [2.75, 3.05) is 14.2 Å². The zero-order chi connectivity index (χ0) is 9.47. The molecule has 2 N–H and O–H groups in total. The van der Waals surface area contributed by atoms with E-state index in [9.17, 15) is 4.79 Å². The summed E-state index contributed by atoms with van der Waals surface area (Å²) in [4.78, 5) is 15.4. The number of carbonyl (C=O) groups is 1. The van der Waals surface area contributed by atoms with E-state index in [1.54, 1.807) is 14.2 Å². The third kappa shape index (κ3) is 1.11. The van der Waals surface area contributed by atoms with Gasteiger partial charge in [-0.15, -0.1) is 0 Å². The molecule has 1 saturated heterocycles. The van der Waals surface area contributed by atoms with E-state index in [-0.39, 0.29) is 12.0 Å². The van der Waals surface area contributed by atoms with Gasteiger partial charge < -0.3 is 10.1 Å². The van der Waals surface area contributed by atoms with Crippen LogP contribution in [0.25, 0.3) is 0 Å². The van der Waals surface area contributed by atoms with Gasteiger partial charge in [-0.2, -0.15) is 0 Å². The van der Waals surface area contributed by atoms with Gasteiger partial charge in [-0.25, -0.2) is 0 Å². The van der Waals surface area contributed by atoms with Crippen LogP contribution in [0.5, 0.6) is 0 Å². The Morgan fingerprint density at radius 3 is 2.77 bits per heavy atom. The Hall–Kier alpha value is -1.10. The molecule has 1 spiro atoms. The molecule has 0 aromatic rings. The average molecular weight is 183 g/mol. The molecule has 1 amide bonds. The van der Waals surface area contributed by atoms with Gasteiger partial charge >= 0.3 is 0 Å². The second-order valence-electron chi connectivity index (χ2n) is 3.50. The van der Waals surface area contributed by atoms with E-state index < -0.39 is 5.54 Å². The number of rotatable bonds is 1. The van der Waals surface area contributed by atoms with Crippen LogP contribution in [0.15, 0.2) is 4.99 Å². The fraction of sp³-hybridized carbons (Fsp3) is 0.750. The highest BCUT2D eigenvalue weighted by molar-refractivity contribution is 6.09. The molecule has 2 rings (SSSR count). The molecular formula is C8H13N3O2. The zero-order valence-corrected chi connectivity index (χ0v) is 7.76. The molecule has 72 valence electrons. The number of guanidine groups is 1. The molecular weight excluding hydrogens is 170 g/mol. The summed E-state index contributed by atoms with van der Waals surface area (Å²) in [5.41, 5.74) is -0.435. The molecule has 0 bridgehead atoms. The van der Waals surface area contributed by atoms with E-state index in [2.05, 4.69) is 15.6 Å². The maximum absolute atomic E-state index is 11.5. The fourth-order valence-electron chi connectivity index (χ4n) is 1.83. The fourth-order valence-corrected chi connectivity index (χ4v) is 1.83. The lowest BCUT2D eigenvalue weighted by Gasteiger charge is -2.41. The third-order valence-corrected chi connectivity index (χ3v) is 2.73. The number of methoxy groups -OCH3 is 1. The van der Waals surface area contributed by atoms with Gasteiger partial charge in [-0.05, 0) is 0 Å². The van der Waals surface area contributed by atoms with E-state index in [1.165, 1.54) is 0 Å². The Bertz CT molecular complexity index is 269. The van der Waals surface area contributed by atoms with Gasteiger partial charge in [0.15, 0.2) is 5.96 Å². The van der Waals surface area contributed by atoms with Crippen molar-refractivity contribution in [1.82, 2.24) is 10.6 Å². The summed E-state index contributed by atoms with van der Waals surface area (Å²) in [7, 11) is 3.31. The van der Waals surface area contributed by atoms with Gasteiger partial charge in [0.1, 0.15) is 5.54 Å². The molecule has 0 aromatic heterocycles. The van der Waals surface area contributed by atoms with Crippen molar-refractivity contribution >= 4 is 11.9 Å². The number of carbonyl (C=O) groups excluding carboxylic acids is 1. The highest BCUT2D eigenvalue weighted by Gasteiger charge is 2.54. The van der Waals surface area contributed by atoms with Gasteiger partial charge in [0.25, 0.3) is 5.91 Å². The van der Waals surface area contributed by atoms with Crippen LogP contribution < -0.4 is 10.6 Å².